The Morgan fingerprint density at radius 3 is 3.00 bits per heavy atom. The van der Waals surface area contributed by atoms with Gasteiger partial charge in [0.2, 0.25) is 5.95 Å². The number of imidazole rings is 1. The van der Waals surface area contributed by atoms with Gasteiger partial charge in [0.25, 0.3) is 0 Å². The van der Waals surface area contributed by atoms with Gasteiger partial charge in [-0.15, -0.1) is 0 Å². The summed E-state index contributed by atoms with van der Waals surface area (Å²) in [4.78, 5) is 4.76. The first-order chi connectivity index (χ1) is 10.8. The SMILES string of the molecule is Cc1ccc(Cn2c(NC3CCNC3)nc3ccccc32)o1. The predicted octanol–water partition coefficient (Wildman–Crippen LogP) is 2.76. The molecule has 1 fully saturated rings. The molecule has 5 heteroatoms. The molecule has 0 spiro atoms. The summed E-state index contributed by atoms with van der Waals surface area (Å²) < 4.78 is 7.94. The average Bonchev–Trinajstić information content (AvgIpc) is 3.23. The Kier molecular flexibility index (Phi) is 3.35. The molecule has 5 nitrogen and oxygen atoms in total. The van der Waals surface area contributed by atoms with Gasteiger partial charge in [-0.1, -0.05) is 12.1 Å². The summed E-state index contributed by atoms with van der Waals surface area (Å²) in [6, 6.07) is 12.7. The highest BCUT2D eigenvalue weighted by molar-refractivity contribution is 5.78. The summed E-state index contributed by atoms with van der Waals surface area (Å²) in [5.41, 5.74) is 2.14. The Hall–Kier alpha value is -2.27. The minimum absolute atomic E-state index is 0.439. The Labute approximate surface area is 129 Å². The lowest BCUT2D eigenvalue weighted by Crippen LogP contribution is -2.24. The quantitative estimate of drug-likeness (QED) is 0.777. The van der Waals surface area contributed by atoms with Crippen LogP contribution in [-0.2, 0) is 6.54 Å². The van der Waals surface area contributed by atoms with Crippen LogP contribution in [0.2, 0.25) is 0 Å². The van der Waals surface area contributed by atoms with Crippen molar-refractivity contribution in [2.45, 2.75) is 25.9 Å². The smallest absolute Gasteiger partial charge is 0.204 e. The molecule has 0 bridgehead atoms. The van der Waals surface area contributed by atoms with Gasteiger partial charge in [0, 0.05) is 12.6 Å². The molecule has 0 aliphatic carbocycles. The van der Waals surface area contributed by atoms with Crippen molar-refractivity contribution in [3.8, 4) is 0 Å². The van der Waals surface area contributed by atoms with Crippen LogP contribution in [0, 0.1) is 6.92 Å². The second-order valence-corrected chi connectivity index (χ2v) is 5.86. The maximum atomic E-state index is 5.74. The van der Waals surface area contributed by atoms with Crippen LogP contribution < -0.4 is 10.6 Å². The second-order valence-electron chi connectivity index (χ2n) is 5.86. The van der Waals surface area contributed by atoms with E-state index in [0.29, 0.717) is 12.6 Å². The fourth-order valence-electron chi connectivity index (χ4n) is 3.03. The molecule has 1 aliphatic heterocycles. The van der Waals surface area contributed by atoms with E-state index in [4.69, 9.17) is 9.40 Å². The monoisotopic (exact) mass is 296 g/mol. The van der Waals surface area contributed by atoms with Crippen LogP contribution in [0.5, 0.6) is 0 Å². The molecule has 2 aromatic heterocycles. The van der Waals surface area contributed by atoms with Gasteiger partial charge < -0.3 is 19.6 Å². The summed E-state index contributed by atoms with van der Waals surface area (Å²) in [5, 5.41) is 6.95. The lowest BCUT2D eigenvalue weighted by Gasteiger charge is -2.14. The number of fused-ring (bicyclic) bond motifs is 1. The van der Waals surface area contributed by atoms with E-state index in [1.165, 1.54) is 0 Å². The van der Waals surface area contributed by atoms with E-state index in [9.17, 15) is 0 Å². The number of aryl methyl sites for hydroxylation is 1. The summed E-state index contributed by atoms with van der Waals surface area (Å²) in [6.07, 6.45) is 1.13. The van der Waals surface area contributed by atoms with Crippen LogP contribution in [0.4, 0.5) is 5.95 Å². The Balaban J connectivity index is 1.72. The Bertz CT molecular complexity index is 783. The largest absolute Gasteiger partial charge is 0.464 e. The molecule has 3 aromatic rings. The van der Waals surface area contributed by atoms with Crippen LogP contribution in [0.25, 0.3) is 11.0 Å². The number of hydrogen-bond donors (Lipinski definition) is 2. The second kappa shape index (κ2) is 5.50. The van der Waals surface area contributed by atoms with Crippen molar-refractivity contribution >= 4 is 17.0 Å². The zero-order valence-electron chi connectivity index (χ0n) is 12.7. The van der Waals surface area contributed by atoms with Crippen molar-refractivity contribution in [3.05, 3.63) is 47.9 Å². The molecule has 0 saturated carbocycles. The van der Waals surface area contributed by atoms with Crippen molar-refractivity contribution in [3.63, 3.8) is 0 Å². The van der Waals surface area contributed by atoms with Gasteiger partial charge >= 0.3 is 0 Å². The third-order valence-corrected chi connectivity index (χ3v) is 4.16. The van der Waals surface area contributed by atoms with E-state index < -0.39 is 0 Å². The lowest BCUT2D eigenvalue weighted by molar-refractivity contribution is 0.472. The first kappa shape index (κ1) is 13.4. The van der Waals surface area contributed by atoms with Gasteiger partial charge in [-0.2, -0.15) is 0 Å². The number of aromatic nitrogens is 2. The third kappa shape index (κ3) is 2.48. The van der Waals surface area contributed by atoms with Crippen molar-refractivity contribution in [1.29, 1.82) is 0 Å². The van der Waals surface area contributed by atoms with Gasteiger partial charge in [0.1, 0.15) is 11.5 Å². The zero-order valence-corrected chi connectivity index (χ0v) is 12.7. The number of hydrogen-bond acceptors (Lipinski definition) is 4. The van der Waals surface area contributed by atoms with Crippen LogP contribution in [0.15, 0.2) is 40.8 Å². The molecule has 4 rings (SSSR count). The molecule has 1 atom stereocenters. The minimum atomic E-state index is 0.439. The fraction of sp³-hybridized carbons (Fsp3) is 0.353. The number of benzene rings is 1. The topological polar surface area (TPSA) is 55.0 Å². The van der Waals surface area contributed by atoms with E-state index in [2.05, 4.69) is 33.4 Å². The van der Waals surface area contributed by atoms with Crippen LogP contribution in [0.1, 0.15) is 17.9 Å². The maximum absolute atomic E-state index is 5.74. The predicted molar refractivity (Wildman–Crippen MR) is 87.2 cm³/mol. The van der Waals surface area contributed by atoms with E-state index in [1.54, 1.807) is 0 Å². The van der Waals surface area contributed by atoms with Crippen molar-refractivity contribution < 1.29 is 4.42 Å². The molecule has 1 unspecified atom stereocenters. The highest BCUT2D eigenvalue weighted by Crippen LogP contribution is 2.23. The third-order valence-electron chi connectivity index (χ3n) is 4.16. The molecule has 3 heterocycles. The van der Waals surface area contributed by atoms with Crippen LogP contribution in [0.3, 0.4) is 0 Å². The summed E-state index contributed by atoms with van der Waals surface area (Å²) in [5.74, 6) is 2.81. The maximum Gasteiger partial charge on any atom is 0.204 e. The molecule has 2 N–H and O–H groups in total. The summed E-state index contributed by atoms with van der Waals surface area (Å²) in [6.45, 7) is 4.72. The van der Waals surface area contributed by atoms with Crippen LogP contribution >= 0.6 is 0 Å². The van der Waals surface area contributed by atoms with Gasteiger partial charge in [0.05, 0.1) is 17.6 Å². The van der Waals surface area contributed by atoms with Crippen molar-refractivity contribution in [2.75, 3.05) is 18.4 Å². The molecule has 114 valence electrons. The first-order valence-corrected chi connectivity index (χ1v) is 7.77. The Morgan fingerprint density at radius 1 is 1.32 bits per heavy atom. The van der Waals surface area contributed by atoms with E-state index >= 15 is 0 Å². The van der Waals surface area contributed by atoms with Gasteiger partial charge in [0.15, 0.2) is 0 Å². The van der Waals surface area contributed by atoms with Crippen LogP contribution in [-0.4, -0.2) is 28.7 Å². The van der Waals surface area contributed by atoms with Gasteiger partial charge in [-0.25, -0.2) is 4.98 Å². The van der Waals surface area contributed by atoms with E-state index in [1.807, 2.05) is 25.1 Å². The molecule has 1 aromatic carbocycles. The molecule has 0 amide bonds. The normalized spacial score (nSPS) is 18.1. The molecule has 1 saturated heterocycles. The van der Waals surface area contributed by atoms with E-state index in [0.717, 1.165) is 48.0 Å². The highest BCUT2D eigenvalue weighted by atomic mass is 16.3. The summed E-state index contributed by atoms with van der Waals surface area (Å²) in [7, 11) is 0. The minimum Gasteiger partial charge on any atom is -0.464 e. The molecule has 1 aliphatic rings. The fourth-order valence-corrected chi connectivity index (χ4v) is 3.03. The Morgan fingerprint density at radius 2 is 2.23 bits per heavy atom. The van der Waals surface area contributed by atoms with E-state index in [-0.39, 0.29) is 0 Å². The molecule has 0 radical (unpaired) electrons. The van der Waals surface area contributed by atoms with Gasteiger partial charge in [-0.3, -0.25) is 0 Å². The van der Waals surface area contributed by atoms with Gasteiger partial charge in [-0.05, 0) is 44.2 Å². The van der Waals surface area contributed by atoms with Crippen molar-refractivity contribution in [2.24, 2.45) is 0 Å². The number of nitrogens with zero attached hydrogens (tertiary/aromatic N) is 2. The molecular weight excluding hydrogens is 276 g/mol. The average molecular weight is 296 g/mol. The summed E-state index contributed by atoms with van der Waals surface area (Å²) >= 11 is 0. The standard InChI is InChI=1S/C17H20N4O/c1-12-6-7-14(22-12)11-21-16-5-3-2-4-15(16)20-17(21)19-13-8-9-18-10-13/h2-7,13,18H,8-11H2,1H3,(H,19,20). The zero-order chi connectivity index (χ0) is 14.9. The number of rotatable bonds is 4. The number of nitrogens with one attached hydrogen (secondary N) is 2. The highest BCUT2D eigenvalue weighted by Gasteiger charge is 2.18. The lowest BCUT2D eigenvalue weighted by atomic mass is 10.3. The molecular formula is C17H20N4O. The molecule has 22 heavy (non-hydrogen) atoms. The number of para-hydroxylation sites is 2. The first-order valence-electron chi connectivity index (χ1n) is 7.77. The number of furan rings is 1. The number of anilines is 1. The van der Waals surface area contributed by atoms with Crippen molar-refractivity contribution in [1.82, 2.24) is 14.9 Å².